The Morgan fingerprint density at radius 2 is 1.65 bits per heavy atom. The molecule has 104 valence electrons. The Morgan fingerprint density at radius 1 is 0.950 bits per heavy atom. The summed E-state index contributed by atoms with van der Waals surface area (Å²) in [6.45, 7) is 2.36. The molecule has 4 heteroatoms. The summed E-state index contributed by atoms with van der Waals surface area (Å²) in [7, 11) is 0. The number of amides is 2. The monoisotopic (exact) mass is 270 g/mol. The van der Waals surface area contributed by atoms with Gasteiger partial charge in [-0.3, -0.25) is 9.59 Å². The highest BCUT2D eigenvalue weighted by atomic mass is 16.2. The third-order valence-electron chi connectivity index (χ3n) is 3.05. The maximum absolute atomic E-state index is 11.9. The van der Waals surface area contributed by atoms with Gasteiger partial charge in [0.25, 0.3) is 0 Å². The van der Waals surface area contributed by atoms with E-state index in [1.54, 1.807) is 0 Å². The Labute approximate surface area is 118 Å². The van der Waals surface area contributed by atoms with Crippen molar-refractivity contribution in [2.24, 2.45) is 0 Å². The molecule has 0 atom stereocenters. The zero-order chi connectivity index (χ0) is 14.4. The van der Waals surface area contributed by atoms with Gasteiger partial charge in [-0.2, -0.15) is 0 Å². The largest absolute Gasteiger partial charge is 0.355 e. The van der Waals surface area contributed by atoms with E-state index in [1.165, 1.54) is 6.92 Å². The van der Waals surface area contributed by atoms with Crippen LogP contribution in [-0.2, 0) is 16.0 Å². The van der Waals surface area contributed by atoms with Crippen LogP contribution in [0, 0.1) is 0 Å². The van der Waals surface area contributed by atoms with E-state index in [4.69, 9.17) is 0 Å². The van der Waals surface area contributed by atoms with Gasteiger partial charge in [0.1, 0.15) is 0 Å². The van der Waals surface area contributed by atoms with Gasteiger partial charge in [0.05, 0.1) is 6.42 Å². The van der Waals surface area contributed by atoms with Crippen LogP contribution < -0.4 is 10.6 Å². The van der Waals surface area contributed by atoms with E-state index in [0.29, 0.717) is 19.5 Å². The van der Waals surface area contributed by atoms with Crippen LogP contribution in [-0.4, -0.2) is 24.9 Å². The van der Waals surface area contributed by atoms with E-state index in [-0.39, 0.29) is 11.8 Å². The number of nitrogens with one attached hydrogen (secondary N) is 2. The number of benzene rings is 2. The third-order valence-corrected chi connectivity index (χ3v) is 3.05. The van der Waals surface area contributed by atoms with Gasteiger partial charge in [-0.15, -0.1) is 0 Å². The number of hydrogen-bond donors (Lipinski definition) is 2. The topological polar surface area (TPSA) is 58.2 Å². The standard InChI is InChI=1S/C16H18N2O2/c1-12(19)17-9-10-18-16(20)11-14-7-4-6-13-5-2-3-8-15(13)14/h2-8H,9-11H2,1H3,(H,17,19)(H,18,20). The molecule has 0 aromatic heterocycles. The number of carbonyl (C=O) groups is 2. The van der Waals surface area contributed by atoms with Crippen LogP contribution in [0.5, 0.6) is 0 Å². The van der Waals surface area contributed by atoms with Crippen LogP contribution in [0.4, 0.5) is 0 Å². The zero-order valence-corrected chi connectivity index (χ0v) is 11.5. The van der Waals surface area contributed by atoms with Crippen molar-refractivity contribution in [2.75, 3.05) is 13.1 Å². The number of rotatable bonds is 5. The van der Waals surface area contributed by atoms with Crippen molar-refractivity contribution in [2.45, 2.75) is 13.3 Å². The minimum atomic E-state index is -0.0895. The van der Waals surface area contributed by atoms with E-state index >= 15 is 0 Å². The molecule has 0 unspecified atom stereocenters. The van der Waals surface area contributed by atoms with E-state index in [0.717, 1.165) is 16.3 Å². The first-order valence-electron chi connectivity index (χ1n) is 6.64. The zero-order valence-electron chi connectivity index (χ0n) is 11.5. The molecule has 0 heterocycles. The molecule has 0 fully saturated rings. The molecule has 0 saturated carbocycles. The second-order valence-corrected chi connectivity index (χ2v) is 4.65. The summed E-state index contributed by atoms with van der Waals surface area (Å²) in [6.07, 6.45) is 0.349. The highest BCUT2D eigenvalue weighted by Gasteiger charge is 2.06. The van der Waals surface area contributed by atoms with Crippen molar-refractivity contribution in [1.82, 2.24) is 10.6 Å². The molecule has 0 bridgehead atoms. The van der Waals surface area contributed by atoms with Crippen LogP contribution in [0.3, 0.4) is 0 Å². The quantitative estimate of drug-likeness (QED) is 0.811. The first-order valence-corrected chi connectivity index (χ1v) is 6.64. The lowest BCUT2D eigenvalue weighted by Crippen LogP contribution is -2.34. The van der Waals surface area contributed by atoms with Crippen molar-refractivity contribution in [3.05, 3.63) is 48.0 Å². The Hall–Kier alpha value is -2.36. The van der Waals surface area contributed by atoms with Gasteiger partial charge in [0.15, 0.2) is 0 Å². The molecule has 0 saturated heterocycles. The van der Waals surface area contributed by atoms with Gasteiger partial charge in [-0.05, 0) is 16.3 Å². The first-order chi connectivity index (χ1) is 9.66. The summed E-state index contributed by atoms with van der Waals surface area (Å²) in [5.41, 5.74) is 1.01. The maximum atomic E-state index is 11.9. The second kappa shape index (κ2) is 6.70. The molecule has 2 aromatic carbocycles. The number of fused-ring (bicyclic) bond motifs is 1. The highest BCUT2D eigenvalue weighted by molar-refractivity contribution is 5.90. The van der Waals surface area contributed by atoms with Crippen LogP contribution in [0.25, 0.3) is 10.8 Å². The summed E-state index contributed by atoms with van der Waals surface area (Å²) in [5.74, 6) is -0.125. The van der Waals surface area contributed by atoms with Crippen LogP contribution in [0.1, 0.15) is 12.5 Å². The highest BCUT2D eigenvalue weighted by Crippen LogP contribution is 2.18. The molecule has 0 spiro atoms. The van der Waals surface area contributed by atoms with Crippen LogP contribution in [0.15, 0.2) is 42.5 Å². The Kier molecular flexibility index (Phi) is 4.71. The maximum Gasteiger partial charge on any atom is 0.224 e. The van der Waals surface area contributed by atoms with Gasteiger partial charge in [-0.25, -0.2) is 0 Å². The first kappa shape index (κ1) is 14.1. The predicted molar refractivity (Wildman–Crippen MR) is 79.3 cm³/mol. The molecule has 0 aliphatic heterocycles. The van der Waals surface area contributed by atoms with Crippen molar-refractivity contribution in [3.63, 3.8) is 0 Å². The Bertz CT molecular complexity index is 617. The van der Waals surface area contributed by atoms with Gasteiger partial charge in [0, 0.05) is 20.0 Å². The number of carbonyl (C=O) groups excluding carboxylic acids is 2. The molecule has 20 heavy (non-hydrogen) atoms. The summed E-state index contributed by atoms with van der Waals surface area (Å²) in [6, 6.07) is 14.0. The van der Waals surface area contributed by atoms with E-state index in [9.17, 15) is 9.59 Å². The average molecular weight is 270 g/mol. The van der Waals surface area contributed by atoms with Gasteiger partial charge in [-0.1, -0.05) is 42.5 Å². The molecular formula is C16H18N2O2. The van der Waals surface area contributed by atoms with Crippen LogP contribution >= 0.6 is 0 Å². The number of hydrogen-bond acceptors (Lipinski definition) is 2. The second-order valence-electron chi connectivity index (χ2n) is 4.65. The van der Waals surface area contributed by atoms with Crippen LogP contribution in [0.2, 0.25) is 0 Å². The third kappa shape index (κ3) is 3.82. The Morgan fingerprint density at radius 3 is 2.45 bits per heavy atom. The van der Waals surface area contributed by atoms with Crippen molar-refractivity contribution >= 4 is 22.6 Å². The molecule has 2 rings (SSSR count). The normalized spacial score (nSPS) is 10.2. The fourth-order valence-corrected chi connectivity index (χ4v) is 2.12. The minimum absolute atomic E-state index is 0.0355. The molecule has 0 aliphatic carbocycles. The lowest BCUT2D eigenvalue weighted by molar-refractivity contribution is -0.121. The predicted octanol–water partition coefficient (Wildman–Crippen LogP) is 1.63. The van der Waals surface area contributed by atoms with E-state index in [1.807, 2.05) is 42.5 Å². The molecule has 2 aromatic rings. The SMILES string of the molecule is CC(=O)NCCNC(=O)Cc1cccc2ccccc12. The van der Waals surface area contributed by atoms with Gasteiger partial charge < -0.3 is 10.6 Å². The summed E-state index contributed by atoms with van der Waals surface area (Å²) >= 11 is 0. The fraction of sp³-hybridized carbons (Fsp3) is 0.250. The smallest absolute Gasteiger partial charge is 0.224 e. The average Bonchev–Trinajstić information content (AvgIpc) is 2.44. The summed E-state index contributed by atoms with van der Waals surface area (Å²) in [5, 5.41) is 7.68. The van der Waals surface area contributed by atoms with Crippen molar-refractivity contribution in [1.29, 1.82) is 0 Å². The molecule has 2 N–H and O–H groups in total. The summed E-state index contributed by atoms with van der Waals surface area (Å²) < 4.78 is 0. The Balaban J connectivity index is 1.94. The fourth-order valence-electron chi connectivity index (χ4n) is 2.12. The van der Waals surface area contributed by atoms with Gasteiger partial charge >= 0.3 is 0 Å². The van der Waals surface area contributed by atoms with Crippen molar-refractivity contribution < 1.29 is 9.59 Å². The molecule has 4 nitrogen and oxygen atoms in total. The molecular weight excluding hydrogens is 252 g/mol. The van der Waals surface area contributed by atoms with E-state index in [2.05, 4.69) is 10.6 Å². The van der Waals surface area contributed by atoms with Crippen molar-refractivity contribution in [3.8, 4) is 0 Å². The lowest BCUT2D eigenvalue weighted by atomic mass is 10.0. The molecule has 0 aliphatic rings. The lowest BCUT2D eigenvalue weighted by Gasteiger charge is -2.08. The molecule has 0 radical (unpaired) electrons. The van der Waals surface area contributed by atoms with E-state index < -0.39 is 0 Å². The van der Waals surface area contributed by atoms with Gasteiger partial charge in [0.2, 0.25) is 11.8 Å². The minimum Gasteiger partial charge on any atom is -0.355 e. The summed E-state index contributed by atoms with van der Waals surface area (Å²) in [4.78, 5) is 22.6. The molecule has 2 amide bonds.